The normalized spacial score (nSPS) is 26.3. The van der Waals surface area contributed by atoms with Gasteiger partial charge in [-0.05, 0) is 46.5 Å². The van der Waals surface area contributed by atoms with Crippen molar-refractivity contribution >= 4 is 23.2 Å². The third kappa shape index (κ3) is 2.89. The smallest absolute Gasteiger partial charge is 0.407 e. The molecule has 1 amide bonds. The second kappa shape index (κ2) is 4.98. The number of piperidine rings is 1. The molecule has 1 heterocycles. The van der Waals surface area contributed by atoms with Gasteiger partial charge in [-0.25, -0.2) is 4.79 Å². The molecule has 1 saturated heterocycles. The van der Waals surface area contributed by atoms with Crippen molar-refractivity contribution in [2.75, 3.05) is 13.1 Å². The first-order valence-corrected chi connectivity index (χ1v) is 7.83. The van der Waals surface area contributed by atoms with E-state index in [1.807, 2.05) is 20.8 Å². The van der Waals surface area contributed by atoms with Gasteiger partial charge >= 0.3 is 6.09 Å². The average Bonchev–Trinajstić information content (AvgIpc) is 2.33. The Hall–Kier alpha value is -0.750. The molecule has 1 aliphatic heterocycles. The van der Waals surface area contributed by atoms with Crippen molar-refractivity contribution in [2.24, 2.45) is 9.81 Å². The van der Waals surface area contributed by atoms with Crippen LogP contribution in [0, 0.1) is 5.41 Å². The van der Waals surface area contributed by atoms with Gasteiger partial charge in [-0.15, -0.1) is 0 Å². The summed E-state index contributed by atoms with van der Waals surface area (Å²) in [6, 6.07) is 0. The highest BCUT2D eigenvalue weighted by atomic mass is 32.2. The molecule has 2 aliphatic rings. The maximum atomic E-state index is 12.1. The summed E-state index contributed by atoms with van der Waals surface area (Å²) in [5.41, 5.74) is 1.08. The van der Waals surface area contributed by atoms with E-state index in [0.717, 1.165) is 31.4 Å². The van der Waals surface area contributed by atoms with Gasteiger partial charge < -0.3 is 14.6 Å². The van der Waals surface area contributed by atoms with Crippen LogP contribution >= 0.6 is 0 Å². The minimum absolute atomic E-state index is 0.0346. The molecule has 0 bridgehead atoms. The second-order valence-corrected chi connectivity index (χ2v) is 8.36. The Morgan fingerprint density at radius 3 is 2.32 bits per heavy atom. The largest absolute Gasteiger partial charge is 0.591 e. The molecule has 0 aromatic heterocycles. The summed E-state index contributed by atoms with van der Waals surface area (Å²) in [5.74, 6) is 0. The van der Waals surface area contributed by atoms with E-state index in [1.54, 1.807) is 0 Å². The van der Waals surface area contributed by atoms with E-state index in [1.165, 1.54) is 4.90 Å². The van der Waals surface area contributed by atoms with Crippen molar-refractivity contribution in [3.05, 3.63) is 0 Å². The maximum Gasteiger partial charge on any atom is 0.407 e. The first-order valence-electron chi connectivity index (χ1n) is 6.72. The van der Waals surface area contributed by atoms with Crippen LogP contribution in [-0.2, 0) is 11.4 Å². The van der Waals surface area contributed by atoms with Crippen LogP contribution < -0.4 is 0 Å². The van der Waals surface area contributed by atoms with Crippen LogP contribution in [0.25, 0.3) is 0 Å². The highest BCUT2D eigenvalue weighted by Crippen LogP contribution is 2.47. The fourth-order valence-corrected chi connectivity index (χ4v) is 3.39. The Bertz CT molecular complexity index is 395. The van der Waals surface area contributed by atoms with Gasteiger partial charge in [-0.1, -0.05) is 4.40 Å². The predicted molar refractivity (Wildman–Crippen MR) is 75.8 cm³/mol. The number of amides is 1. The molecule has 1 spiro atoms. The Morgan fingerprint density at radius 2 is 1.95 bits per heavy atom. The van der Waals surface area contributed by atoms with E-state index < -0.39 is 17.5 Å². The molecule has 108 valence electrons. The van der Waals surface area contributed by atoms with Crippen LogP contribution in [0.3, 0.4) is 0 Å². The number of hydrogen-bond acceptors (Lipinski definition) is 3. The SMILES string of the molecule is CC(C)(C)[S@+]([O-])/N=C1\CCC12CCN(C(=O)O)CC2. The minimum Gasteiger partial charge on any atom is -0.591 e. The zero-order chi connectivity index (χ0) is 14.3. The Kier molecular flexibility index (Phi) is 3.84. The molecule has 0 aromatic rings. The van der Waals surface area contributed by atoms with Crippen LogP contribution in [0.15, 0.2) is 4.40 Å². The zero-order valence-electron chi connectivity index (χ0n) is 11.8. The molecule has 2 fully saturated rings. The quantitative estimate of drug-likeness (QED) is 0.752. The molecule has 1 atom stereocenters. The Morgan fingerprint density at radius 1 is 1.37 bits per heavy atom. The molecule has 19 heavy (non-hydrogen) atoms. The third-order valence-electron chi connectivity index (χ3n) is 4.16. The first-order chi connectivity index (χ1) is 8.74. The topological polar surface area (TPSA) is 76.0 Å². The van der Waals surface area contributed by atoms with Crippen molar-refractivity contribution in [3.8, 4) is 0 Å². The van der Waals surface area contributed by atoms with Crippen molar-refractivity contribution in [2.45, 2.75) is 51.2 Å². The number of rotatable bonds is 1. The summed E-state index contributed by atoms with van der Waals surface area (Å²) < 4.78 is 16.2. The zero-order valence-corrected chi connectivity index (χ0v) is 12.6. The van der Waals surface area contributed by atoms with Crippen LogP contribution in [0.2, 0.25) is 0 Å². The standard InChI is InChI=1S/C13H22N2O3S/c1-12(2,3)19(18)14-10-4-5-13(10)6-8-15(9-7-13)11(16)17/h4-9H2,1-3H3,(H,16,17)/b14-10+/t19-/m0/s1. The molecule has 0 unspecified atom stereocenters. The minimum atomic E-state index is -1.20. The van der Waals surface area contributed by atoms with E-state index in [-0.39, 0.29) is 10.2 Å². The van der Waals surface area contributed by atoms with Gasteiger partial charge in [0.05, 0.1) is 5.71 Å². The third-order valence-corrected chi connectivity index (χ3v) is 5.59. The maximum absolute atomic E-state index is 12.1. The van der Waals surface area contributed by atoms with Gasteiger partial charge in [-0.2, -0.15) is 0 Å². The number of hydrogen-bond donors (Lipinski definition) is 1. The lowest BCUT2D eigenvalue weighted by Crippen LogP contribution is -2.51. The highest BCUT2D eigenvalue weighted by molar-refractivity contribution is 7.91. The summed E-state index contributed by atoms with van der Waals surface area (Å²) >= 11 is -1.20. The second-order valence-electron chi connectivity index (χ2n) is 6.45. The summed E-state index contributed by atoms with van der Waals surface area (Å²) in [6.07, 6.45) is 2.76. The average molecular weight is 286 g/mol. The van der Waals surface area contributed by atoms with Gasteiger partial charge in [0.15, 0.2) is 0 Å². The molecule has 1 aliphatic carbocycles. The fraction of sp³-hybridized carbons (Fsp3) is 0.846. The Labute approximate surface area is 117 Å². The summed E-state index contributed by atoms with van der Waals surface area (Å²) in [5, 5.41) is 8.96. The van der Waals surface area contributed by atoms with Crippen molar-refractivity contribution in [1.82, 2.24) is 4.90 Å². The lowest BCUT2D eigenvalue weighted by molar-refractivity contribution is 0.102. The summed E-state index contributed by atoms with van der Waals surface area (Å²) in [6.45, 7) is 6.90. The predicted octanol–water partition coefficient (Wildman–Crippen LogP) is 2.44. The van der Waals surface area contributed by atoms with E-state index in [0.29, 0.717) is 13.1 Å². The van der Waals surface area contributed by atoms with Gasteiger partial charge in [0.2, 0.25) is 0 Å². The molecule has 2 rings (SSSR count). The van der Waals surface area contributed by atoms with Crippen molar-refractivity contribution in [3.63, 3.8) is 0 Å². The fourth-order valence-electron chi connectivity index (χ4n) is 2.63. The number of likely N-dealkylation sites (tertiary alicyclic amines) is 1. The highest BCUT2D eigenvalue weighted by Gasteiger charge is 2.48. The van der Waals surface area contributed by atoms with E-state index in [2.05, 4.69) is 4.40 Å². The van der Waals surface area contributed by atoms with Gasteiger partial charge in [0.1, 0.15) is 16.1 Å². The Balaban J connectivity index is 2.03. The van der Waals surface area contributed by atoms with E-state index in [9.17, 15) is 9.35 Å². The van der Waals surface area contributed by atoms with E-state index >= 15 is 0 Å². The summed E-state index contributed by atoms with van der Waals surface area (Å²) in [4.78, 5) is 12.4. The molecule has 6 heteroatoms. The summed E-state index contributed by atoms with van der Waals surface area (Å²) in [7, 11) is 0. The van der Waals surface area contributed by atoms with Crippen molar-refractivity contribution in [1.29, 1.82) is 0 Å². The van der Waals surface area contributed by atoms with Crippen LogP contribution in [0.1, 0.15) is 46.5 Å². The lowest BCUT2D eigenvalue weighted by Gasteiger charge is -2.47. The number of nitrogens with zero attached hydrogens (tertiary/aromatic N) is 2. The molecule has 1 N–H and O–H groups in total. The van der Waals surface area contributed by atoms with E-state index in [4.69, 9.17) is 5.11 Å². The van der Waals surface area contributed by atoms with Gasteiger partial charge in [-0.3, -0.25) is 0 Å². The lowest BCUT2D eigenvalue weighted by atomic mass is 9.61. The molecular formula is C13H22N2O3S. The van der Waals surface area contributed by atoms with Crippen LogP contribution in [0.4, 0.5) is 4.79 Å². The molecular weight excluding hydrogens is 264 g/mol. The molecule has 0 radical (unpaired) electrons. The molecule has 1 saturated carbocycles. The molecule has 0 aromatic carbocycles. The van der Waals surface area contributed by atoms with Crippen LogP contribution in [-0.4, -0.2) is 44.2 Å². The van der Waals surface area contributed by atoms with Gasteiger partial charge in [0.25, 0.3) is 0 Å². The first kappa shape index (κ1) is 14.7. The van der Waals surface area contributed by atoms with Gasteiger partial charge in [0, 0.05) is 18.5 Å². The number of carbonyl (C=O) groups is 1. The van der Waals surface area contributed by atoms with Crippen LogP contribution in [0.5, 0.6) is 0 Å². The molecule has 5 nitrogen and oxygen atoms in total. The monoisotopic (exact) mass is 286 g/mol. The van der Waals surface area contributed by atoms with Crippen molar-refractivity contribution < 1.29 is 14.5 Å². The number of carboxylic acid groups (broad SMARTS) is 1.